The fraction of sp³-hybridized carbons (Fsp3) is 0.250. The zero-order valence-electron chi connectivity index (χ0n) is 47.0. The summed E-state index contributed by atoms with van der Waals surface area (Å²) in [6.45, 7) is 22.6. The molecule has 5 heterocycles. The fourth-order valence-corrected chi connectivity index (χ4v) is 13.9. The molecule has 0 amide bonds. The fourth-order valence-electron chi connectivity index (χ4n) is 13.9. The van der Waals surface area contributed by atoms with Crippen molar-refractivity contribution in [3.05, 3.63) is 191 Å². The van der Waals surface area contributed by atoms with Crippen LogP contribution in [-0.2, 0) is 25.7 Å². The van der Waals surface area contributed by atoms with Gasteiger partial charge < -0.3 is 18.9 Å². The van der Waals surface area contributed by atoms with E-state index in [1.54, 1.807) is 0 Å². The molecule has 0 unspecified atom stereocenters. The first-order valence-corrected chi connectivity index (χ1v) is 28.9. The third-order valence-electron chi connectivity index (χ3n) is 17.0. The van der Waals surface area contributed by atoms with Crippen molar-refractivity contribution in [1.82, 2.24) is 4.57 Å². The quantitative estimate of drug-likeness (QED) is 0.121. The molecule has 9 aromatic carbocycles. The number of rotatable bonds is 11. The van der Waals surface area contributed by atoms with Crippen molar-refractivity contribution in [1.29, 1.82) is 0 Å². The molecule has 0 aliphatic carbocycles. The Bertz CT molecular complexity index is 4070. The summed E-state index contributed by atoms with van der Waals surface area (Å²) in [6.07, 6.45) is 4.01. The summed E-state index contributed by atoms with van der Waals surface area (Å²) in [5.74, 6) is 5.68. The number of ether oxygens (including phenoxy) is 2. The molecule has 0 bridgehead atoms. The highest BCUT2D eigenvalue weighted by atomic mass is 16.5. The van der Waals surface area contributed by atoms with Crippen LogP contribution in [-0.4, -0.2) is 18.0 Å². The van der Waals surface area contributed by atoms with E-state index in [0.717, 1.165) is 76.7 Å². The second kappa shape index (κ2) is 18.5. The molecule has 14 rings (SSSR count). The van der Waals surface area contributed by atoms with Crippen LogP contribution in [0.1, 0.15) is 88.8 Å². The van der Waals surface area contributed by atoms with Crippen LogP contribution >= 0.6 is 0 Å². The van der Waals surface area contributed by atoms with Gasteiger partial charge in [-0.25, -0.2) is 0 Å². The smallest absolute Gasteiger partial charge is 0.256 e. The highest BCUT2D eigenvalue weighted by Gasteiger charge is 2.51. The molecule has 4 nitrogen and oxygen atoms in total. The number of benzene rings is 9. The Hall–Kier alpha value is -7.69. The van der Waals surface area contributed by atoms with Gasteiger partial charge in [0, 0.05) is 38.6 Å². The highest BCUT2D eigenvalue weighted by Crippen LogP contribution is 2.52. The van der Waals surface area contributed by atoms with Crippen molar-refractivity contribution >= 4 is 85.1 Å². The van der Waals surface area contributed by atoms with Crippen LogP contribution in [0.2, 0.25) is 0 Å². The lowest BCUT2D eigenvalue weighted by Crippen LogP contribution is -2.63. The summed E-state index contributed by atoms with van der Waals surface area (Å²) in [5, 5.41) is 2.61. The van der Waals surface area contributed by atoms with Crippen LogP contribution in [0.4, 0.5) is 17.1 Å². The van der Waals surface area contributed by atoms with E-state index >= 15 is 0 Å². The molecule has 4 aliphatic rings. The first-order chi connectivity index (χ1) is 37.7. The first-order valence-electron chi connectivity index (χ1n) is 28.9. The molecule has 10 aromatic rings. The van der Waals surface area contributed by atoms with Crippen molar-refractivity contribution in [3.8, 4) is 50.9 Å². The van der Waals surface area contributed by atoms with E-state index in [4.69, 9.17) is 9.47 Å². The Balaban J connectivity index is 1.14. The molecule has 0 saturated carbocycles. The Morgan fingerprint density at radius 1 is 0.397 bits per heavy atom. The van der Waals surface area contributed by atoms with E-state index in [1.165, 1.54) is 105 Å². The van der Waals surface area contributed by atoms with Gasteiger partial charge in [-0.1, -0.05) is 176 Å². The maximum atomic E-state index is 7.87. The van der Waals surface area contributed by atoms with Gasteiger partial charge in [0.25, 0.3) is 13.4 Å². The number of anilines is 3. The van der Waals surface area contributed by atoms with Crippen LogP contribution in [0.25, 0.3) is 49.7 Å². The van der Waals surface area contributed by atoms with Gasteiger partial charge in [0.15, 0.2) is 0 Å². The Labute approximate surface area is 462 Å². The van der Waals surface area contributed by atoms with Crippen LogP contribution in [0.15, 0.2) is 158 Å². The molecule has 78 heavy (non-hydrogen) atoms. The monoisotopic (exact) mass is 1010 g/mol. The SMILES string of the molecule is Cc1ccc(-c2ccc3c(c2)B2c4cc(CC(C)C)ccc4N(c4ccc(CC(C)C)cc4)c4c5c6c(c(c42)O3)-n2c3ccc(CC(C)C)cc3c3cc(CC(C)C)cc(c32)B6c2cc(-c3ccc(C)cc3)ccc2O5)cc1. The van der Waals surface area contributed by atoms with E-state index in [-0.39, 0.29) is 13.4 Å². The molecule has 0 spiro atoms. The second-order valence-corrected chi connectivity index (χ2v) is 25.0. The molecule has 384 valence electrons. The number of fused-ring (bicyclic) bond motifs is 13. The lowest BCUT2D eigenvalue weighted by Gasteiger charge is -2.45. The lowest BCUT2D eigenvalue weighted by molar-refractivity contribution is 0.475. The molecule has 0 fully saturated rings. The van der Waals surface area contributed by atoms with Crippen molar-refractivity contribution in [2.75, 3.05) is 4.90 Å². The summed E-state index contributed by atoms with van der Waals surface area (Å²) in [5.41, 5.74) is 26.9. The third kappa shape index (κ3) is 7.87. The summed E-state index contributed by atoms with van der Waals surface area (Å²) >= 11 is 0. The van der Waals surface area contributed by atoms with Gasteiger partial charge >= 0.3 is 0 Å². The van der Waals surface area contributed by atoms with Gasteiger partial charge in [0.1, 0.15) is 23.0 Å². The van der Waals surface area contributed by atoms with E-state index in [9.17, 15) is 0 Å². The minimum atomic E-state index is -0.165. The van der Waals surface area contributed by atoms with E-state index in [2.05, 4.69) is 236 Å². The second-order valence-electron chi connectivity index (χ2n) is 25.0. The average Bonchev–Trinajstić information content (AvgIpc) is 2.68. The molecular weight excluding hydrogens is 946 g/mol. The van der Waals surface area contributed by atoms with Gasteiger partial charge in [-0.15, -0.1) is 0 Å². The summed E-state index contributed by atoms with van der Waals surface area (Å²) in [7, 11) is 0. The molecule has 1 aromatic heterocycles. The number of aryl methyl sites for hydroxylation is 2. The van der Waals surface area contributed by atoms with Crippen LogP contribution in [0.5, 0.6) is 23.0 Å². The minimum absolute atomic E-state index is 0.162. The highest BCUT2D eigenvalue weighted by molar-refractivity contribution is 7.02. The van der Waals surface area contributed by atoms with Crippen molar-refractivity contribution in [3.63, 3.8) is 0 Å². The van der Waals surface area contributed by atoms with Gasteiger partial charge in [-0.2, -0.15) is 0 Å². The number of hydrogen-bond acceptors (Lipinski definition) is 3. The normalized spacial score (nSPS) is 13.5. The van der Waals surface area contributed by atoms with Crippen molar-refractivity contribution in [2.45, 2.75) is 94.9 Å². The summed E-state index contributed by atoms with van der Waals surface area (Å²) < 4.78 is 18.3. The molecule has 6 heteroatoms. The maximum absolute atomic E-state index is 7.87. The number of aromatic nitrogens is 1. The molecule has 0 saturated heterocycles. The molecule has 4 aliphatic heterocycles. The average molecular weight is 1010 g/mol. The van der Waals surface area contributed by atoms with Gasteiger partial charge in [0.2, 0.25) is 0 Å². The van der Waals surface area contributed by atoms with Crippen LogP contribution in [0, 0.1) is 37.5 Å². The molecular formula is C72H68B2N2O2. The standard InChI is InChI=1S/C72H68B2N2O2/c1-41(2)31-47-15-25-55(26-16-47)75-63-28-18-49(33-43(5)6)37-58(63)73-59-39-53(51-19-11-45(9)12-20-51)23-29-64(59)78-72-66(73)69(75)71-67-70(72)76-62-27-17-48(32-42(3)4)35-56(62)57-36-50(34-44(7)8)38-61(68(57)76)74(67)60-40-54(24-30-65(60)77-71)52-21-13-46(10)14-22-52/h11-30,35-44H,31-34H2,1-10H3. The molecule has 0 radical (unpaired) electrons. The van der Waals surface area contributed by atoms with Crippen molar-refractivity contribution < 1.29 is 9.47 Å². The Morgan fingerprint density at radius 2 is 0.859 bits per heavy atom. The Kier molecular flexibility index (Phi) is 11.5. The number of hydrogen-bond donors (Lipinski definition) is 0. The predicted octanol–water partition coefficient (Wildman–Crippen LogP) is 14.9. The zero-order chi connectivity index (χ0) is 53.4. The van der Waals surface area contributed by atoms with Gasteiger partial charge in [-0.05, 0) is 178 Å². The number of nitrogens with zero attached hydrogens (tertiary/aromatic N) is 2. The summed E-state index contributed by atoms with van der Waals surface area (Å²) in [6, 6.07) is 60.9. The molecule has 0 N–H and O–H groups in total. The van der Waals surface area contributed by atoms with Gasteiger partial charge in [0.05, 0.1) is 16.9 Å². The predicted molar refractivity (Wildman–Crippen MR) is 332 cm³/mol. The molecule has 0 atom stereocenters. The van der Waals surface area contributed by atoms with Crippen LogP contribution in [0.3, 0.4) is 0 Å². The summed E-state index contributed by atoms with van der Waals surface area (Å²) in [4.78, 5) is 2.55. The zero-order valence-corrected chi connectivity index (χ0v) is 47.0. The van der Waals surface area contributed by atoms with Crippen molar-refractivity contribution in [2.24, 2.45) is 23.7 Å². The maximum Gasteiger partial charge on any atom is 0.256 e. The van der Waals surface area contributed by atoms with E-state index in [0.29, 0.717) is 23.7 Å². The lowest BCUT2D eigenvalue weighted by atomic mass is 9.31. The topological polar surface area (TPSA) is 26.6 Å². The largest absolute Gasteiger partial charge is 0.456 e. The van der Waals surface area contributed by atoms with E-state index < -0.39 is 0 Å². The first kappa shape index (κ1) is 48.7. The minimum Gasteiger partial charge on any atom is -0.456 e. The Morgan fingerprint density at radius 3 is 1.45 bits per heavy atom. The van der Waals surface area contributed by atoms with Gasteiger partial charge in [-0.3, -0.25) is 0 Å². The third-order valence-corrected chi connectivity index (χ3v) is 17.0. The van der Waals surface area contributed by atoms with Crippen LogP contribution < -0.4 is 47.2 Å². The van der Waals surface area contributed by atoms with E-state index in [1.807, 2.05) is 0 Å².